The van der Waals surface area contributed by atoms with E-state index in [-0.39, 0.29) is 5.69 Å². The molecule has 1 N–H and O–H groups in total. The van der Waals surface area contributed by atoms with Crippen LogP contribution in [0.1, 0.15) is 11.6 Å². The SMILES string of the molecule is O=[N+]([O-])CC(Nc1ccc(Cl)cc1)c1cccc([N+](=O)[O-])c1. The monoisotopic (exact) mass is 321 g/mol. The number of hydrogen-bond donors (Lipinski definition) is 1. The van der Waals surface area contributed by atoms with Gasteiger partial charge in [0.05, 0.1) is 4.92 Å². The lowest BCUT2D eigenvalue weighted by molar-refractivity contribution is -0.482. The molecule has 8 heteroatoms. The highest BCUT2D eigenvalue weighted by atomic mass is 35.5. The van der Waals surface area contributed by atoms with Crippen molar-refractivity contribution in [2.45, 2.75) is 6.04 Å². The molecule has 0 spiro atoms. The average Bonchev–Trinajstić information content (AvgIpc) is 2.48. The van der Waals surface area contributed by atoms with Gasteiger partial charge in [-0.05, 0) is 29.8 Å². The molecule has 2 aromatic rings. The van der Waals surface area contributed by atoms with Crippen LogP contribution in [0.15, 0.2) is 48.5 Å². The summed E-state index contributed by atoms with van der Waals surface area (Å²) in [5.41, 5.74) is 1.01. The summed E-state index contributed by atoms with van der Waals surface area (Å²) < 4.78 is 0. The summed E-state index contributed by atoms with van der Waals surface area (Å²) in [4.78, 5) is 20.7. The van der Waals surface area contributed by atoms with E-state index < -0.39 is 22.4 Å². The third kappa shape index (κ3) is 4.16. The molecule has 2 aromatic carbocycles. The lowest BCUT2D eigenvalue weighted by Gasteiger charge is -2.16. The van der Waals surface area contributed by atoms with Crippen molar-refractivity contribution in [2.75, 3.05) is 11.9 Å². The highest BCUT2D eigenvalue weighted by molar-refractivity contribution is 6.30. The summed E-state index contributed by atoms with van der Waals surface area (Å²) in [7, 11) is 0. The molecular formula is C14H12ClN3O4. The van der Waals surface area contributed by atoms with Crippen molar-refractivity contribution in [3.05, 3.63) is 79.3 Å². The maximum atomic E-state index is 10.9. The summed E-state index contributed by atoms with van der Waals surface area (Å²) in [6.07, 6.45) is 0. The smallest absolute Gasteiger partial charge is 0.269 e. The zero-order chi connectivity index (χ0) is 16.1. The van der Waals surface area contributed by atoms with E-state index in [1.165, 1.54) is 18.2 Å². The normalized spacial score (nSPS) is 11.7. The van der Waals surface area contributed by atoms with Crippen molar-refractivity contribution in [1.29, 1.82) is 0 Å². The van der Waals surface area contributed by atoms with Crippen molar-refractivity contribution in [2.24, 2.45) is 0 Å². The van der Waals surface area contributed by atoms with Gasteiger partial charge in [0.25, 0.3) is 5.69 Å². The molecule has 114 valence electrons. The van der Waals surface area contributed by atoms with Crippen LogP contribution in [0.3, 0.4) is 0 Å². The lowest BCUT2D eigenvalue weighted by atomic mass is 10.1. The van der Waals surface area contributed by atoms with Gasteiger partial charge in [0, 0.05) is 27.8 Å². The summed E-state index contributed by atoms with van der Waals surface area (Å²) in [6.45, 7) is -0.399. The molecule has 0 fully saturated rings. The number of non-ortho nitro benzene ring substituents is 1. The third-order valence-electron chi connectivity index (χ3n) is 3.00. The molecule has 0 aliphatic heterocycles. The van der Waals surface area contributed by atoms with Crippen molar-refractivity contribution in [3.8, 4) is 0 Å². The molecule has 1 atom stereocenters. The maximum Gasteiger partial charge on any atom is 0.269 e. The van der Waals surface area contributed by atoms with Crippen LogP contribution in [-0.4, -0.2) is 16.4 Å². The van der Waals surface area contributed by atoms with Gasteiger partial charge in [-0.2, -0.15) is 0 Å². The van der Waals surface area contributed by atoms with Gasteiger partial charge >= 0.3 is 0 Å². The van der Waals surface area contributed by atoms with Crippen molar-refractivity contribution < 1.29 is 9.85 Å². The van der Waals surface area contributed by atoms with Gasteiger partial charge in [-0.15, -0.1) is 0 Å². The van der Waals surface area contributed by atoms with Crippen LogP contribution in [0.4, 0.5) is 11.4 Å². The molecule has 0 aliphatic rings. The number of rotatable bonds is 6. The molecule has 0 radical (unpaired) electrons. The fourth-order valence-electron chi connectivity index (χ4n) is 1.99. The Balaban J connectivity index is 2.29. The highest BCUT2D eigenvalue weighted by Crippen LogP contribution is 2.24. The Hall–Kier alpha value is -2.67. The van der Waals surface area contributed by atoms with E-state index >= 15 is 0 Å². The zero-order valence-electron chi connectivity index (χ0n) is 11.3. The Kier molecular flexibility index (Phi) is 4.90. The first-order chi connectivity index (χ1) is 10.5. The molecule has 1 unspecified atom stereocenters. The standard InChI is InChI=1S/C14H12ClN3O4/c15-11-4-6-12(7-5-11)16-14(9-17(19)20)10-2-1-3-13(8-10)18(21)22/h1-8,14,16H,9H2. The van der Waals surface area contributed by atoms with Crippen LogP contribution in [0, 0.1) is 20.2 Å². The maximum absolute atomic E-state index is 10.9. The Morgan fingerprint density at radius 1 is 1.09 bits per heavy atom. The van der Waals surface area contributed by atoms with E-state index in [1.807, 2.05) is 0 Å². The second-order valence-corrected chi connectivity index (χ2v) is 5.01. The number of nitrogens with zero attached hydrogens (tertiary/aromatic N) is 2. The predicted molar refractivity (Wildman–Crippen MR) is 82.8 cm³/mol. The van der Waals surface area contributed by atoms with E-state index in [2.05, 4.69) is 5.32 Å². The fraction of sp³-hybridized carbons (Fsp3) is 0.143. The molecule has 0 aliphatic carbocycles. The van der Waals surface area contributed by atoms with Gasteiger partial charge in [-0.25, -0.2) is 0 Å². The highest BCUT2D eigenvalue weighted by Gasteiger charge is 2.20. The van der Waals surface area contributed by atoms with Gasteiger partial charge < -0.3 is 5.32 Å². The van der Waals surface area contributed by atoms with Gasteiger partial charge in [0.2, 0.25) is 6.54 Å². The van der Waals surface area contributed by atoms with Crippen LogP contribution in [-0.2, 0) is 0 Å². The zero-order valence-corrected chi connectivity index (χ0v) is 12.1. The predicted octanol–water partition coefficient (Wildman–Crippen LogP) is 3.68. The average molecular weight is 322 g/mol. The Morgan fingerprint density at radius 3 is 2.36 bits per heavy atom. The Morgan fingerprint density at radius 2 is 1.77 bits per heavy atom. The van der Waals surface area contributed by atoms with Gasteiger partial charge in [0.1, 0.15) is 6.04 Å². The minimum atomic E-state index is -0.684. The molecule has 0 aromatic heterocycles. The Labute approximate surface area is 130 Å². The molecule has 0 saturated heterocycles. The van der Waals surface area contributed by atoms with Crippen molar-refractivity contribution in [1.82, 2.24) is 0 Å². The van der Waals surface area contributed by atoms with E-state index in [9.17, 15) is 20.2 Å². The number of nitro benzene ring substituents is 1. The third-order valence-corrected chi connectivity index (χ3v) is 3.25. The molecule has 7 nitrogen and oxygen atoms in total. The first-order valence-corrected chi connectivity index (χ1v) is 6.72. The number of benzene rings is 2. The van der Waals surface area contributed by atoms with Gasteiger partial charge in [0.15, 0.2) is 0 Å². The minimum Gasteiger partial charge on any atom is -0.372 e. The summed E-state index contributed by atoms with van der Waals surface area (Å²) in [5.74, 6) is 0. The van der Waals surface area contributed by atoms with E-state index in [0.29, 0.717) is 16.3 Å². The van der Waals surface area contributed by atoms with Crippen LogP contribution < -0.4 is 5.32 Å². The first kappa shape index (κ1) is 15.7. The number of halogens is 1. The molecule has 0 saturated carbocycles. The van der Waals surface area contributed by atoms with Gasteiger partial charge in [-0.1, -0.05) is 23.7 Å². The van der Waals surface area contributed by atoms with E-state index in [0.717, 1.165) is 0 Å². The molecule has 0 heterocycles. The number of nitrogens with one attached hydrogen (secondary N) is 1. The van der Waals surface area contributed by atoms with Crippen LogP contribution in [0.25, 0.3) is 0 Å². The van der Waals surface area contributed by atoms with Crippen LogP contribution in [0.5, 0.6) is 0 Å². The molecular weight excluding hydrogens is 310 g/mol. The van der Waals surface area contributed by atoms with Crippen LogP contribution in [0.2, 0.25) is 5.02 Å². The summed E-state index contributed by atoms with van der Waals surface area (Å²) >= 11 is 5.79. The van der Waals surface area contributed by atoms with E-state index in [1.54, 1.807) is 30.3 Å². The summed E-state index contributed by atoms with van der Waals surface area (Å²) in [6, 6.07) is 11.8. The lowest BCUT2D eigenvalue weighted by Crippen LogP contribution is -2.20. The minimum absolute atomic E-state index is 0.108. The largest absolute Gasteiger partial charge is 0.372 e. The fourth-order valence-corrected chi connectivity index (χ4v) is 2.11. The van der Waals surface area contributed by atoms with E-state index in [4.69, 9.17) is 11.6 Å². The van der Waals surface area contributed by atoms with Crippen molar-refractivity contribution in [3.63, 3.8) is 0 Å². The number of nitro groups is 2. The topological polar surface area (TPSA) is 98.3 Å². The number of hydrogen-bond acceptors (Lipinski definition) is 5. The molecule has 2 rings (SSSR count). The second kappa shape index (κ2) is 6.86. The molecule has 0 amide bonds. The summed E-state index contributed by atoms with van der Waals surface area (Å²) in [5, 5.41) is 25.2. The van der Waals surface area contributed by atoms with Gasteiger partial charge in [-0.3, -0.25) is 20.2 Å². The molecule has 0 bridgehead atoms. The Bertz CT molecular complexity index is 691. The number of anilines is 1. The second-order valence-electron chi connectivity index (χ2n) is 4.57. The molecule has 22 heavy (non-hydrogen) atoms. The van der Waals surface area contributed by atoms with Crippen LogP contribution >= 0.6 is 11.6 Å². The van der Waals surface area contributed by atoms with Crippen molar-refractivity contribution >= 4 is 23.0 Å². The quantitative estimate of drug-likeness (QED) is 0.646. The first-order valence-electron chi connectivity index (χ1n) is 6.34.